The second kappa shape index (κ2) is 10.7. The Morgan fingerprint density at radius 3 is 2.63 bits per heavy atom. The molecule has 10 heteroatoms. The molecule has 2 aliphatic heterocycles. The lowest BCUT2D eigenvalue weighted by molar-refractivity contribution is -0.0412. The molecule has 200 valence electrons. The van der Waals surface area contributed by atoms with Crippen LogP contribution < -0.4 is 9.47 Å². The molecule has 0 N–H and O–H groups in total. The topological polar surface area (TPSA) is 86.7 Å². The molecule has 38 heavy (non-hydrogen) atoms. The average Bonchev–Trinajstić information content (AvgIpc) is 3.24. The van der Waals surface area contributed by atoms with E-state index in [0.717, 1.165) is 5.56 Å². The van der Waals surface area contributed by atoms with Crippen LogP contribution in [0.15, 0.2) is 54.7 Å². The molecule has 0 spiro atoms. The molecule has 0 saturated carbocycles. The summed E-state index contributed by atoms with van der Waals surface area (Å²) in [5.41, 5.74) is 1.50. The van der Waals surface area contributed by atoms with Crippen molar-refractivity contribution in [2.75, 3.05) is 0 Å². The number of rotatable bonds is 6. The van der Waals surface area contributed by atoms with Gasteiger partial charge in [0.15, 0.2) is 6.17 Å². The first kappa shape index (κ1) is 26.2. The summed E-state index contributed by atoms with van der Waals surface area (Å²) in [4.78, 5) is 18.4. The normalized spacial score (nSPS) is 22.7. The summed E-state index contributed by atoms with van der Waals surface area (Å²) in [6.07, 6.45) is 0.662. The van der Waals surface area contributed by atoms with Gasteiger partial charge in [0.05, 0.1) is 17.3 Å². The Balaban J connectivity index is 1.26. The van der Waals surface area contributed by atoms with E-state index in [4.69, 9.17) is 25.8 Å². The van der Waals surface area contributed by atoms with Crippen molar-refractivity contribution in [1.29, 1.82) is 0 Å². The third-order valence-corrected chi connectivity index (χ3v) is 6.84. The number of nitrogens with zero attached hydrogens (tertiary/aromatic N) is 4. The van der Waals surface area contributed by atoms with E-state index in [1.807, 2.05) is 30.3 Å². The molecule has 0 radical (unpaired) electrons. The SMILES string of the molecule is CC(C)(C)OC(=O)N1C2CCC1C(F)C(Oc1ccc(-c3cnc(Cl)cc3OCc3ccccc3)nn1)C2. The number of hydrogen-bond donors (Lipinski definition) is 0. The Morgan fingerprint density at radius 1 is 1.13 bits per heavy atom. The summed E-state index contributed by atoms with van der Waals surface area (Å²) in [7, 11) is 0. The van der Waals surface area contributed by atoms with Gasteiger partial charge >= 0.3 is 6.09 Å². The van der Waals surface area contributed by atoms with Crippen molar-refractivity contribution >= 4 is 17.7 Å². The van der Waals surface area contributed by atoms with E-state index < -0.39 is 30.0 Å². The van der Waals surface area contributed by atoms with Crippen LogP contribution in [0.4, 0.5) is 9.18 Å². The fraction of sp³-hybridized carbons (Fsp3) is 0.429. The molecule has 0 aliphatic carbocycles. The fourth-order valence-electron chi connectivity index (χ4n) is 4.96. The number of pyridine rings is 1. The molecule has 8 nitrogen and oxygen atoms in total. The fourth-order valence-corrected chi connectivity index (χ4v) is 5.10. The van der Waals surface area contributed by atoms with Crippen molar-refractivity contribution in [3.8, 4) is 22.9 Å². The molecule has 2 saturated heterocycles. The van der Waals surface area contributed by atoms with Crippen molar-refractivity contribution in [3.63, 3.8) is 0 Å². The minimum Gasteiger partial charge on any atom is -0.488 e. The van der Waals surface area contributed by atoms with Gasteiger partial charge in [-0.05, 0) is 45.2 Å². The summed E-state index contributed by atoms with van der Waals surface area (Å²) in [5.74, 6) is 0.729. The van der Waals surface area contributed by atoms with Gasteiger partial charge in [0, 0.05) is 30.8 Å². The van der Waals surface area contributed by atoms with Crippen molar-refractivity contribution < 1.29 is 23.4 Å². The molecule has 2 aromatic heterocycles. The largest absolute Gasteiger partial charge is 0.488 e. The molecule has 4 unspecified atom stereocenters. The standard InChI is InChI=1S/C28H30ClFN4O4/c1-28(2,3)38-27(35)34-18-9-11-21(34)26(30)23(13-18)37-25-12-10-20(32-33-25)19-15-31-24(29)14-22(19)36-16-17-7-5-4-6-8-17/h4-8,10,12,14-15,18,21,23,26H,9,11,13,16H2,1-3H3. The lowest BCUT2D eigenvalue weighted by Gasteiger charge is -2.41. The van der Waals surface area contributed by atoms with Crippen LogP contribution in [0.2, 0.25) is 5.15 Å². The Hall–Kier alpha value is -3.46. The molecule has 2 bridgehead atoms. The summed E-state index contributed by atoms with van der Waals surface area (Å²) in [5, 5.41) is 8.75. The van der Waals surface area contributed by atoms with Crippen molar-refractivity contribution in [2.45, 2.75) is 76.6 Å². The first-order valence-corrected chi connectivity index (χ1v) is 13.0. The maximum atomic E-state index is 15.5. The van der Waals surface area contributed by atoms with Crippen LogP contribution in [-0.2, 0) is 11.3 Å². The lowest BCUT2D eigenvalue weighted by Crippen LogP contribution is -2.57. The number of ether oxygens (including phenoxy) is 3. The van der Waals surface area contributed by atoms with E-state index in [1.165, 1.54) is 0 Å². The molecule has 2 aliphatic rings. The van der Waals surface area contributed by atoms with Gasteiger partial charge in [-0.1, -0.05) is 41.9 Å². The van der Waals surface area contributed by atoms with Gasteiger partial charge in [-0.2, -0.15) is 0 Å². The van der Waals surface area contributed by atoms with E-state index in [9.17, 15) is 4.79 Å². The van der Waals surface area contributed by atoms with Gasteiger partial charge in [0.25, 0.3) is 0 Å². The monoisotopic (exact) mass is 540 g/mol. The van der Waals surface area contributed by atoms with Crippen molar-refractivity contribution in [3.05, 3.63) is 65.4 Å². The number of hydrogen-bond acceptors (Lipinski definition) is 7. The van der Waals surface area contributed by atoms with Gasteiger partial charge in [0.1, 0.15) is 29.2 Å². The molecule has 3 aromatic rings. The number of carbonyl (C=O) groups excluding carboxylic acids is 1. The molecule has 1 amide bonds. The summed E-state index contributed by atoms with van der Waals surface area (Å²) in [6.45, 7) is 5.76. The number of fused-ring (bicyclic) bond motifs is 2. The zero-order valence-electron chi connectivity index (χ0n) is 21.5. The summed E-state index contributed by atoms with van der Waals surface area (Å²) < 4.78 is 32.9. The number of amides is 1. The molecular weight excluding hydrogens is 511 g/mol. The second-order valence-electron chi connectivity index (χ2n) is 10.6. The minimum absolute atomic E-state index is 0.136. The second-order valence-corrected chi connectivity index (χ2v) is 10.9. The summed E-state index contributed by atoms with van der Waals surface area (Å²) in [6, 6.07) is 14.1. The van der Waals surface area contributed by atoms with Gasteiger partial charge in [-0.3, -0.25) is 4.90 Å². The van der Waals surface area contributed by atoms with E-state index in [0.29, 0.717) is 48.0 Å². The predicted octanol–water partition coefficient (Wildman–Crippen LogP) is 6.03. The lowest BCUT2D eigenvalue weighted by atomic mass is 9.98. The molecule has 1 aromatic carbocycles. The molecule has 2 fully saturated rings. The zero-order valence-corrected chi connectivity index (χ0v) is 22.3. The van der Waals surface area contributed by atoms with E-state index >= 15 is 4.39 Å². The van der Waals surface area contributed by atoms with Crippen LogP contribution in [0, 0.1) is 0 Å². The first-order chi connectivity index (χ1) is 18.2. The third-order valence-electron chi connectivity index (χ3n) is 6.64. The number of alkyl halides is 1. The van der Waals surface area contributed by atoms with Crippen LogP contribution in [-0.4, -0.2) is 56.1 Å². The quantitative estimate of drug-likeness (QED) is 0.353. The molecule has 5 rings (SSSR count). The van der Waals surface area contributed by atoms with Crippen LogP contribution in [0.1, 0.15) is 45.6 Å². The first-order valence-electron chi connectivity index (χ1n) is 12.7. The highest BCUT2D eigenvalue weighted by molar-refractivity contribution is 6.29. The smallest absolute Gasteiger partial charge is 0.410 e. The number of halogens is 2. The minimum atomic E-state index is -1.36. The Labute approximate surface area is 226 Å². The number of benzene rings is 1. The maximum absolute atomic E-state index is 15.5. The van der Waals surface area contributed by atoms with Crippen molar-refractivity contribution in [2.24, 2.45) is 0 Å². The number of aromatic nitrogens is 3. The Kier molecular flexibility index (Phi) is 7.38. The van der Waals surface area contributed by atoms with Crippen LogP contribution >= 0.6 is 11.6 Å². The van der Waals surface area contributed by atoms with Crippen LogP contribution in [0.25, 0.3) is 11.3 Å². The number of carbonyl (C=O) groups is 1. The van der Waals surface area contributed by atoms with Gasteiger partial charge in [-0.25, -0.2) is 14.2 Å². The highest BCUT2D eigenvalue weighted by Gasteiger charge is 2.52. The van der Waals surface area contributed by atoms with E-state index in [2.05, 4.69) is 15.2 Å². The molecular formula is C28H30ClFN4O4. The predicted molar refractivity (Wildman–Crippen MR) is 140 cm³/mol. The number of piperidine rings is 1. The van der Waals surface area contributed by atoms with Crippen LogP contribution in [0.5, 0.6) is 11.6 Å². The van der Waals surface area contributed by atoms with E-state index in [1.54, 1.807) is 50.1 Å². The molecule has 4 atom stereocenters. The average molecular weight is 541 g/mol. The maximum Gasteiger partial charge on any atom is 0.410 e. The molecule has 4 heterocycles. The van der Waals surface area contributed by atoms with Gasteiger partial charge < -0.3 is 14.2 Å². The zero-order chi connectivity index (χ0) is 26.9. The van der Waals surface area contributed by atoms with Gasteiger partial charge in [-0.15, -0.1) is 10.2 Å². The van der Waals surface area contributed by atoms with Crippen LogP contribution in [0.3, 0.4) is 0 Å². The third kappa shape index (κ3) is 5.83. The highest BCUT2D eigenvalue weighted by Crippen LogP contribution is 2.40. The van der Waals surface area contributed by atoms with Crippen molar-refractivity contribution in [1.82, 2.24) is 20.1 Å². The summed E-state index contributed by atoms with van der Waals surface area (Å²) >= 11 is 6.11. The van der Waals surface area contributed by atoms with E-state index in [-0.39, 0.29) is 11.9 Å². The Bertz CT molecular complexity index is 1270. The Morgan fingerprint density at radius 2 is 1.92 bits per heavy atom. The van der Waals surface area contributed by atoms with Gasteiger partial charge in [0.2, 0.25) is 5.88 Å². The highest BCUT2D eigenvalue weighted by atomic mass is 35.5.